The van der Waals surface area contributed by atoms with E-state index < -0.39 is 24.1 Å². The Labute approximate surface area is 162 Å². The molecule has 2 aromatic carbocycles. The summed E-state index contributed by atoms with van der Waals surface area (Å²) >= 11 is 0. The van der Waals surface area contributed by atoms with E-state index in [2.05, 4.69) is 0 Å². The van der Waals surface area contributed by atoms with Crippen molar-refractivity contribution in [3.63, 3.8) is 0 Å². The summed E-state index contributed by atoms with van der Waals surface area (Å²) in [7, 11) is 2.60. The van der Waals surface area contributed by atoms with Crippen LogP contribution in [0.3, 0.4) is 0 Å². The van der Waals surface area contributed by atoms with Gasteiger partial charge in [0.25, 0.3) is 5.91 Å². The maximum atomic E-state index is 12.9. The van der Waals surface area contributed by atoms with Gasteiger partial charge in [-0.05, 0) is 30.3 Å². The fourth-order valence-electron chi connectivity index (χ4n) is 3.22. The molecule has 28 heavy (non-hydrogen) atoms. The van der Waals surface area contributed by atoms with Crippen LogP contribution in [0.25, 0.3) is 0 Å². The van der Waals surface area contributed by atoms with Crippen molar-refractivity contribution in [1.29, 1.82) is 0 Å². The molecule has 0 aliphatic carbocycles. The van der Waals surface area contributed by atoms with Crippen molar-refractivity contribution in [2.24, 2.45) is 0 Å². The third-order valence-corrected chi connectivity index (χ3v) is 4.58. The fourth-order valence-corrected chi connectivity index (χ4v) is 3.22. The minimum Gasteiger partial charge on any atom is -0.488 e. The van der Waals surface area contributed by atoms with Gasteiger partial charge >= 0.3 is 11.9 Å². The molecule has 0 radical (unpaired) electrons. The number of rotatable bonds is 5. The van der Waals surface area contributed by atoms with Gasteiger partial charge < -0.3 is 19.1 Å². The molecule has 0 N–H and O–H groups in total. The van der Waals surface area contributed by atoms with E-state index in [0.717, 1.165) is 0 Å². The summed E-state index contributed by atoms with van der Waals surface area (Å²) in [5, 5.41) is 0. The molecule has 7 heteroatoms. The Morgan fingerprint density at radius 1 is 0.929 bits per heavy atom. The van der Waals surface area contributed by atoms with Gasteiger partial charge in [-0.15, -0.1) is 0 Å². The Bertz CT molecular complexity index is 866. The predicted molar refractivity (Wildman–Crippen MR) is 100 cm³/mol. The van der Waals surface area contributed by atoms with Gasteiger partial charge in [-0.1, -0.05) is 24.3 Å². The molecular weight excluding hydrogens is 362 g/mol. The molecular formula is C21H21NO6. The topological polar surface area (TPSA) is 82.1 Å². The van der Waals surface area contributed by atoms with Gasteiger partial charge in [0.1, 0.15) is 17.9 Å². The van der Waals surface area contributed by atoms with Crippen LogP contribution in [-0.4, -0.2) is 55.7 Å². The number of benzene rings is 2. The number of hydrogen-bond donors (Lipinski definition) is 0. The molecule has 0 spiro atoms. The van der Waals surface area contributed by atoms with Gasteiger partial charge in [-0.3, -0.25) is 4.79 Å². The fraction of sp³-hybridized carbons (Fsp3) is 0.286. The first kappa shape index (κ1) is 19.4. The van der Waals surface area contributed by atoms with Crippen molar-refractivity contribution in [3.8, 4) is 5.75 Å². The summed E-state index contributed by atoms with van der Waals surface area (Å²) in [5.41, 5.74) is 0.851. The number of carbonyl (C=O) groups excluding carboxylic acids is 3. The number of likely N-dealkylation sites (tertiary alicyclic amines) is 1. The number of methoxy groups -OCH3 is 2. The minimum atomic E-state index is -0.730. The van der Waals surface area contributed by atoms with E-state index in [1.165, 1.54) is 19.1 Å². The molecule has 1 saturated heterocycles. The van der Waals surface area contributed by atoms with Gasteiger partial charge in [-0.2, -0.15) is 0 Å². The van der Waals surface area contributed by atoms with Gasteiger partial charge in [0, 0.05) is 12.0 Å². The molecule has 3 rings (SSSR count). The molecule has 2 aromatic rings. The van der Waals surface area contributed by atoms with E-state index >= 15 is 0 Å². The van der Waals surface area contributed by atoms with Crippen molar-refractivity contribution >= 4 is 17.8 Å². The number of nitrogens with zero attached hydrogens (tertiary/aromatic N) is 1. The Hall–Kier alpha value is -3.35. The average molecular weight is 383 g/mol. The Kier molecular flexibility index (Phi) is 5.93. The van der Waals surface area contributed by atoms with Gasteiger partial charge in [0.2, 0.25) is 0 Å². The average Bonchev–Trinajstić information content (AvgIpc) is 3.16. The van der Waals surface area contributed by atoms with Crippen molar-refractivity contribution in [2.75, 3.05) is 20.8 Å². The van der Waals surface area contributed by atoms with Gasteiger partial charge in [0.05, 0.1) is 26.3 Å². The van der Waals surface area contributed by atoms with Crippen LogP contribution in [0.15, 0.2) is 54.6 Å². The Morgan fingerprint density at radius 3 is 2.32 bits per heavy atom. The largest absolute Gasteiger partial charge is 0.488 e. The standard InChI is InChI=1S/C21H21NO6/c1-26-20(24)15-9-6-10-16(11-15)28-17-12-18(21(25)27-2)22(13-17)19(23)14-7-4-3-5-8-14/h3-11,17-18H,12-13H2,1-2H3. The van der Waals surface area contributed by atoms with Crippen molar-refractivity contribution < 1.29 is 28.6 Å². The maximum Gasteiger partial charge on any atom is 0.337 e. The predicted octanol–water partition coefficient (Wildman–Crippen LogP) is 2.31. The maximum absolute atomic E-state index is 12.9. The van der Waals surface area contributed by atoms with E-state index in [1.807, 2.05) is 6.07 Å². The lowest BCUT2D eigenvalue weighted by atomic mass is 10.1. The molecule has 7 nitrogen and oxygen atoms in total. The van der Waals surface area contributed by atoms with Crippen molar-refractivity contribution in [3.05, 3.63) is 65.7 Å². The summed E-state index contributed by atoms with van der Waals surface area (Å²) in [6.07, 6.45) is -0.113. The SMILES string of the molecule is COC(=O)c1cccc(OC2CC(C(=O)OC)N(C(=O)c3ccccc3)C2)c1. The second-order valence-electron chi connectivity index (χ2n) is 6.36. The smallest absolute Gasteiger partial charge is 0.337 e. The number of ether oxygens (including phenoxy) is 3. The zero-order valence-electron chi connectivity index (χ0n) is 15.7. The highest BCUT2D eigenvalue weighted by molar-refractivity contribution is 5.97. The second-order valence-corrected chi connectivity index (χ2v) is 6.36. The molecule has 1 heterocycles. The number of amides is 1. The van der Waals surface area contributed by atoms with Crippen molar-refractivity contribution in [2.45, 2.75) is 18.6 Å². The number of carbonyl (C=O) groups is 3. The molecule has 1 aliphatic rings. The van der Waals surface area contributed by atoms with E-state index in [4.69, 9.17) is 14.2 Å². The van der Waals surface area contributed by atoms with Crippen LogP contribution in [0, 0.1) is 0 Å². The highest BCUT2D eigenvalue weighted by Gasteiger charge is 2.41. The lowest BCUT2D eigenvalue weighted by molar-refractivity contribution is -0.145. The van der Waals surface area contributed by atoms with Crippen LogP contribution in [-0.2, 0) is 14.3 Å². The first-order valence-electron chi connectivity index (χ1n) is 8.82. The molecule has 146 valence electrons. The zero-order chi connectivity index (χ0) is 20.1. The van der Waals surface area contributed by atoms with E-state index in [9.17, 15) is 14.4 Å². The normalized spacial score (nSPS) is 18.4. The molecule has 1 aliphatic heterocycles. The lowest BCUT2D eigenvalue weighted by Gasteiger charge is -2.22. The second kappa shape index (κ2) is 8.56. The monoisotopic (exact) mass is 383 g/mol. The van der Waals surface area contributed by atoms with Crippen LogP contribution in [0.1, 0.15) is 27.1 Å². The van der Waals surface area contributed by atoms with Crippen LogP contribution in [0.2, 0.25) is 0 Å². The van der Waals surface area contributed by atoms with Crippen LogP contribution >= 0.6 is 0 Å². The third-order valence-electron chi connectivity index (χ3n) is 4.58. The van der Waals surface area contributed by atoms with Gasteiger partial charge in [0.15, 0.2) is 0 Å². The molecule has 2 atom stereocenters. The molecule has 1 fully saturated rings. The molecule has 2 unspecified atom stereocenters. The zero-order valence-corrected chi connectivity index (χ0v) is 15.7. The lowest BCUT2D eigenvalue weighted by Crippen LogP contribution is -2.41. The highest BCUT2D eigenvalue weighted by Crippen LogP contribution is 2.26. The number of hydrogen-bond acceptors (Lipinski definition) is 6. The summed E-state index contributed by atoms with van der Waals surface area (Å²) in [6.45, 7) is 0.232. The molecule has 0 saturated carbocycles. The first-order chi connectivity index (χ1) is 13.5. The summed E-state index contributed by atoms with van der Waals surface area (Å²) in [6, 6.07) is 14.6. The van der Waals surface area contributed by atoms with Crippen molar-refractivity contribution in [1.82, 2.24) is 4.90 Å². The first-order valence-corrected chi connectivity index (χ1v) is 8.82. The third kappa shape index (κ3) is 4.14. The van der Waals surface area contributed by atoms with Crippen LogP contribution < -0.4 is 4.74 Å². The van der Waals surface area contributed by atoms with Crippen LogP contribution in [0.5, 0.6) is 5.75 Å². The molecule has 1 amide bonds. The van der Waals surface area contributed by atoms with E-state index in [-0.39, 0.29) is 12.5 Å². The summed E-state index contributed by atoms with van der Waals surface area (Å²) in [5.74, 6) is -0.750. The van der Waals surface area contributed by atoms with Gasteiger partial charge in [-0.25, -0.2) is 9.59 Å². The Balaban J connectivity index is 1.78. The van der Waals surface area contributed by atoms with Crippen LogP contribution in [0.4, 0.5) is 0 Å². The Morgan fingerprint density at radius 2 is 1.64 bits per heavy atom. The summed E-state index contributed by atoms with van der Waals surface area (Å²) < 4.78 is 15.5. The summed E-state index contributed by atoms with van der Waals surface area (Å²) in [4.78, 5) is 38.2. The quantitative estimate of drug-likeness (QED) is 0.737. The minimum absolute atomic E-state index is 0.232. The highest BCUT2D eigenvalue weighted by atomic mass is 16.5. The van der Waals surface area contributed by atoms with E-state index in [0.29, 0.717) is 23.3 Å². The molecule has 0 aromatic heterocycles. The van der Waals surface area contributed by atoms with E-state index in [1.54, 1.807) is 48.5 Å². The molecule has 0 bridgehead atoms. The number of esters is 2.